The van der Waals surface area contributed by atoms with Gasteiger partial charge in [-0.05, 0) is 26.0 Å². The number of carbonyl (C=O) groups excluding carboxylic acids is 2. The van der Waals surface area contributed by atoms with Gasteiger partial charge in [0.25, 0.3) is 5.91 Å². The molecule has 1 heterocycles. The lowest BCUT2D eigenvalue weighted by Gasteiger charge is -2.22. The highest BCUT2D eigenvalue weighted by atomic mass is 35.5. The zero-order valence-corrected chi connectivity index (χ0v) is 10.2. The van der Waals surface area contributed by atoms with Crippen LogP contribution in [0.15, 0.2) is 12.1 Å². The summed E-state index contributed by atoms with van der Waals surface area (Å²) in [5.74, 6) is -1.10. The van der Waals surface area contributed by atoms with Crippen LogP contribution in [0.3, 0.4) is 0 Å². The summed E-state index contributed by atoms with van der Waals surface area (Å²) in [7, 11) is 0. The number of hydrogen-bond donors (Lipinski definition) is 3. The van der Waals surface area contributed by atoms with Gasteiger partial charge in [0.05, 0.1) is 5.02 Å². The lowest BCUT2D eigenvalue weighted by Crippen LogP contribution is -2.53. The molecule has 0 spiro atoms. The van der Waals surface area contributed by atoms with Gasteiger partial charge in [-0.25, -0.2) is 4.98 Å². The summed E-state index contributed by atoms with van der Waals surface area (Å²) in [6, 6.07) is 2.93. The Hall–Kier alpha value is -1.82. The van der Waals surface area contributed by atoms with Crippen LogP contribution in [0.4, 0.5) is 5.82 Å². The number of primary amides is 1. The molecule has 0 unspecified atom stereocenters. The number of amides is 2. The van der Waals surface area contributed by atoms with Gasteiger partial charge in [0, 0.05) is 0 Å². The van der Waals surface area contributed by atoms with Gasteiger partial charge in [-0.15, -0.1) is 0 Å². The van der Waals surface area contributed by atoms with Crippen molar-refractivity contribution in [2.24, 2.45) is 5.73 Å². The van der Waals surface area contributed by atoms with Crippen molar-refractivity contribution in [2.45, 2.75) is 19.4 Å². The number of aromatic nitrogens is 1. The Labute approximate surface area is 103 Å². The molecule has 7 heteroatoms. The SMILES string of the molecule is CC(C)(NC(=O)c1nc(N)ccc1Cl)C(N)=O. The molecule has 0 radical (unpaired) electrons. The van der Waals surface area contributed by atoms with E-state index in [9.17, 15) is 9.59 Å². The van der Waals surface area contributed by atoms with Crippen LogP contribution in [0, 0.1) is 0 Å². The summed E-state index contributed by atoms with van der Waals surface area (Å²) in [6.07, 6.45) is 0. The number of halogens is 1. The van der Waals surface area contributed by atoms with E-state index >= 15 is 0 Å². The quantitative estimate of drug-likeness (QED) is 0.723. The molecule has 0 saturated carbocycles. The van der Waals surface area contributed by atoms with E-state index in [-0.39, 0.29) is 16.5 Å². The first kappa shape index (κ1) is 13.2. The third-order valence-corrected chi connectivity index (χ3v) is 2.43. The van der Waals surface area contributed by atoms with Crippen LogP contribution in [0.2, 0.25) is 5.02 Å². The summed E-state index contributed by atoms with van der Waals surface area (Å²) in [5.41, 5.74) is 9.35. The van der Waals surface area contributed by atoms with Crippen LogP contribution in [0.1, 0.15) is 24.3 Å². The zero-order chi connectivity index (χ0) is 13.2. The Bertz CT molecular complexity index is 473. The Balaban J connectivity index is 2.98. The summed E-state index contributed by atoms with van der Waals surface area (Å²) >= 11 is 5.80. The van der Waals surface area contributed by atoms with E-state index < -0.39 is 17.4 Å². The molecule has 6 nitrogen and oxygen atoms in total. The molecule has 0 aliphatic rings. The number of rotatable bonds is 3. The van der Waals surface area contributed by atoms with E-state index in [0.717, 1.165) is 0 Å². The topological polar surface area (TPSA) is 111 Å². The van der Waals surface area contributed by atoms with E-state index in [1.807, 2.05) is 0 Å². The lowest BCUT2D eigenvalue weighted by molar-refractivity contribution is -0.122. The van der Waals surface area contributed by atoms with Crippen LogP contribution >= 0.6 is 11.6 Å². The smallest absolute Gasteiger partial charge is 0.272 e. The van der Waals surface area contributed by atoms with Gasteiger partial charge in [0.15, 0.2) is 0 Å². The van der Waals surface area contributed by atoms with Crippen molar-refractivity contribution in [2.75, 3.05) is 5.73 Å². The number of nitrogens with two attached hydrogens (primary N) is 2. The Morgan fingerprint density at radius 1 is 1.41 bits per heavy atom. The van der Waals surface area contributed by atoms with Crippen LogP contribution in [0.5, 0.6) is 0 Å². The van der Waals surface area contributed by atoms with Crippen molar-refractivity contribution in [3.05, 3.63) is 22.8 Å². The first-order chi connectivity index (χ1) is 7.74. The van der Waals surface area contributed by atoms with Gasteiger partial charge in [0.2, 0.25) is 5.91 Å². The van der Waals surface area contributed by atoms with Crippen molar-refractivity contribution in [1.82, 2.24) is 10.3 Å². The number of nitrogens with zero attached hydrogens (tertiary/aromatic N) is 1. The molecular formula is C10H13ClN4O2. The van der Waals surface area contributed by atoms with Crippen molar-refractivity contribution in [3.8, 4) is 0 Å². The third-order valence-electron chi connectivity index (χ3n) is 2.12. The minimum Gasteiger partial charge on any atom is -0.384 e. The van der Waals surface area contributed by atoms with Crippen molar-refractivity contribution in [3.63, 3.8) is 0 Å². The summed E-state index contributed by atoms with van der Waals surface area (Å²) in [5, 5.41) is 2.57. The van der Waals surface area contributed by atoms with Gasteiger partial charge in [-0.1, -0.05) is 11.6 Å². The maximum atomic E-state index is 11.8. The van der Waals surface area contributed by atoms with Crippen LogP contribution < -0.4 is 16.8 Å². The molecule has 2 amide bonds. The van der Waals surface area contributed by atoms with Gasteiger partial charge in [0.1, 0.15) is 17.1 Å². The molecule has 5 N–H and O–H groups in total. The second-order valence-electron chi connectivity index (χ2n) is 4.01. The summed E-state index contributed by atoms with van der Waals surface area (Å²) in [6.45, 7) is 2.96. The maximum absolute atomic E-state index is 11.8. The zero-order valence-electron chi connectivity index (χ0n) is 9.45. The standard InChI is InChI=1S/C10H13ClN4O2/c1-10(2,9(13)17)15-8(16)7-5(11)3-4-6(12)14-7/h3-4H,1-2H3,(H2,12,14)(H2,13,17)(H,15,16). The lowest BCUT2D eigenvalue weighted by atomic mass is 10.1. The van der Waals surface area contributed by atoms with E-state index in [4.69, 9.17) is 23.1 Å². The first-order valence-electron chi connectivity index (χ1n) is 4.78. The van der Waals surface area contributed by atoms with Gasteiger partial charge >= 0.3 is 0 Å². The van der Waals surface area contributed by atoms with Crippen molar-refractivity contribution < 1.29 is 9.59 Å². The Kier molecular flexibility index (Phi) is 3.57. The maximum Gasteiger partial charge on any atom is 0.272 e. The average molecular weight is 257 g/mol. The molecule has 0 aliphatic carbocycles. The molecule has 0 fully saturated rings. The fraction of sp³-hybridized carbons (Fsp3) is 0.300. The molecule has 1 aromatic heterocycles. The van der Waals surface area contributed by atoms with Crippen LogP contribution in [-0.4, -0.2) is 22.3 Å². The van der Waals surface area contributed by atoms with Gasteiger partial charge in [-0.3, -0.25) is 9.59 Å². The highest BCUT2D eigenvalue weighted by molar-refractivity contribution is 6.33. The first-order valence-corrected chi connectivity index (χ1v) is 5.16. The molecule has 0 aliphatic heterocycles. The molecule has 0 bridgehead atoms. The van der Waals surface area contributed by atoms with Gasteiger partial charge in [-0.2, -0.15) is 0 Å². The van der Waals surface area contributed by atoms with E-state index in [1.54, 1.807) is 0 Å². The molecule has 0 saturated heterocycles. The summed E-state index contributed by atoms with van der Waals surface area (Å²) in [4.78, 5) is 26.7. The molecule has 1 rings (SSSR count). The molecule has 0 aromatic carbocycles. The number of anilines is 1. The van der Waals surface area contributed by atoms with E-state index in [1.165, 1.54) is 26.0 Å². The van der Waals surface area contributed by atoms with Crippen molar-refractivity contribution in [1.29, 1.82) is 0 Å². The molecule has 1 aromatic rings. The minimum absolute atomic E-state index is 0.0407. The van der Waals surface area contributed by atoms with Crippen molar-refractivity contribution >= 4 is 29.2 Å². The van der Waals surface area contributed by atoms with E-state index in [2.05, 4.69) is 10.3 Å². The van der Waals surface area contributed by atoms with Gasteiger partial charge < -0.3 is 16.8 Å². The van der Waals surface area contributed by atoms with Crippen LogP contribution in [-0.2, 0) is 4.79 Å². The minimum atomic E-state index is -1.19. The predicted molar refractivity (Wildman–Crippen MR) is 64.4 cm³/mol. The number of carbonyl (C=O) groups is 2. The predicted octanol–water partition coefficient (Wildman–Crippen LogP) is 0.311. The number of nitrogen functional groups attached to an aromatic ring is 1. The van der Waals surface area contributed by atoms with Crippen LogP contribution in [0.25, 0.3) is 0 Å². The molecular weight excluding hydrogens is 244 g/mol. The Morgan fingerprint density at radius 3 is 2.53 bits per heavy atom. The fourth-order valence-corrected chi connectivity index (χ4v) is 1.21. The van der Waals surface area contributed by atoms with E-state index in [0.29, 0.717) is 0 Å². The number of hydrogen-bond acceptors (Lipinski definition) is 4. The second kappa shape index (κ2) is 4.58. The summed E-state index contributed by atoms with van der Waals surface area (Å²) < 4.78 is 0. The molecule has 17 heavy (non-hydrogen) atoms. The Morgan fingerprint density at radius 2 is 2.00 bits per heavy atom. The molecule has 0 atom stereocenters. The number of nitrogens with one attached hydrogen (secondary N) is 1. The fourth-order valence-electron chi connectivity index (χ4n) is 1.02. The average Bonchev–Trinajstić information content (AvgIpc) is 2.20. The monoisotopic (exact) mass is 256 g/mol. The second-order valence-corrected chi connectivity index (χ2v) is 4.42. The highest BCUT2D eigenvalue weighted by Crippen LogP contribution is 2.16. The largest absolute Gasteiger partial charge is 0.384 e. The normalized spacial score (nSPS) is 11.0. The molecule has 92 valence electrons. The third kappa shape index (κ3) is 3.07. The number of pyridine rings is 1. The highest BCUT2D eigenvalue weighted by Gasteiger charge is 2.28.